The molecule has 1 amide bonds. The maximum atomic E-state index is 12.8. The molecule has 0 atom stereocenters. The molecule has 0 heterocycles. The summed E-state index contributed by atoms with van der Waals surface area (Å²) >= 11 is 0. The molecule has 0 unspecified atom stereocenters. The third-order valence-electron chi connectivity index (χ3n) is 4.81. The van der Waals surface area contributed by atoms with E-state index in [9.17, 15) is 14.7 Å². The number of phenolic OH excluding ortho intramolecular Hbond substituents is 1. The van der Waals surface area contributed by atoms with Crippen LogP contribution in [-0.2, 0) is 0 Å². The van der Waals surface area contributed by atoms with Crippen molar-refractivity contribution in [2.24, 2.45) is 10.2 Å². The zero-order chi connectivity index (χ0) is 21.8. The van der Waals surface area contributed by atoms with E-state index in [-0.39, 0.29) is 22.8 Å². The number of hydrogen-bond acceptors (Lipinski definition) is 5. The molecule has 0 saturated carbocycles. The van der Waals surface area contributed by atoms with E-state index < -0.39 is 5.91 Å². The maximum Gasteiger partial charge on any atom is 0.259 e. The Morgan fingerprint density at radius 2 is 1.52 bits per heavy atom. The Bertz CT molecular complexity index is 1300. The fraction of sp³-hybridized carbons (Fsp3) is 0.0400. The van der Waals surface area contributed by atoms with Crippen molar-refractivity contribution in [1.29, 1.82) is 0 Å². The van der Waals surface area contributed by atoms with Crippen LogP contribution < -0.4 is 5.32 Å². The number of ketones is 1. The summed E-state index contributed by atoms with van der Waals surface area (Å²) in [5.74, 6) is -0.739. The van der Waals surface area contributed by atoms with Gasteiger partial charge in [0.2, 0.25) is 0 Å². The molecule has 0 aliphatic rings. The minimum Gasteiger partial charge on any atom is -0.505 e. The van der Waals surface area contributed by atoms with Crippen LogP contribution in [-0.4, -0.2) is 16.8 Å². The van der Waals surface area contributed by atoms with Gasteiger partial charge in [0, 0.05) is 16.6 Å². The van der Waals surface area contributed by atoms with Gasteiger partial charge in [-0.1, -0.05) is 42.5 Å². The van der Waals surface area contributed by atoms with Gasteiger partial charge in [-0.2, -0.15) is 5.11 Å². The van der Waals surface area contributed by atoms with E-state index in [1.165, 1.54) is 6.92 Å². The highest BCUT2D eigenvalue weighted by atomic mass is 16.3. The highest BCUT2D eigenvalue weighted by molar-refractivity contribution is 6.11. The average molecular weight is 409 g/mol. The highest BCUT2D eigenvalue weighted by Crippen LogP contribution is 2.39. The molecule has 0 bridgehead atoms. The summed E-state index contributed by atoms with van der Waals surface area (Å²) in [7, 11) is 0. The molecular formula is C25H19N3O3. The van der Waals surface area contributed by atoms with Crippen molar-refractivity contribution >= 4 is 39.5 Å². The van der Waals surface area contributed by atoms with Crippen molar-refractivity contribution in [2.45, 2.75) is 6.92 Å². The lowest BCUT2D eigenvalue weighted by Crippen LogP contribution is -2.12. The first-order valence-electron chi connectivity index (χ1n) is 9.67. The first-order valence-corrected chi connectivity index (χ1v) is 9.67. The van der Waals surface area contributed by atoms with E-state index in [0.29, 0.717) is 22.3 Å². The predicted molar refractivity (Wildman–Crippen MR) is 121 cm³/mol. The van der Waals surface area contributed by atoms with E-state index in [2.05, 4.69) is 15.5 Å². The quantitative estimate of drug-likeness (QED) is 0.294. The number of para-hydroxylation sites is 1. The summed E-state index contributed by atoms with van der Waals surface area (Å²) in [5.41, 5.74) is 2.02. The monoisotopic (exact) mass is 409 g/mol. The Morgan fingerprint density at radius 1 is 0.839 bits per heavy atom. The van der Waals surface area contributed by atoms with Gasteiger partial charge in [0.25, 0.3) is 5.91 Å². The number of carbonyl (C=O) groups excluding carboxylic acids is 2. The van der Waals surface area contributed by atoms with Crippen LogP contribution in [0.2, 0.25) is 0 Å². The SMILES string of the molecule is CC(=O)c1ccc(N=Nc2c(O)c(C(=O)Nc3ccccc3)cc3ccccc23)cc1. The van der Waals surface area contributed by atoms with E-state index in [0.717, 1.165) is 5.39 Å². The number of fused-ring (bicyclic) bond motifs is 1. The summed E-state index contributed by atoms with van der Waals surface area (Å²) in [6, 6.07) is 24.6. The van der Waals surface area contributed by atoms with Gasteiger partial charge in [0.05, 0.1) is 11.3 Å². The van der Waals surface area contributed by atoms with Gasteiger partial charge in [0.15, 0.2) is 11.5 Å². The van der Waals surface area contributed by atoms with Crippen LogP contribution in [0.5, 0.6) is 5.75 Å². The van der Waals surface area contributed by atoms with Crippen LogP contribution in [0.15, 0.2) is 95.2 Å². The number of hydrogen-bond donors (Lipinski definition) is 2. The van der Waals surface area contributed by atoms with Crippen molar-refractivity contribution in [3.63, 3.8) is 0 Å². The standard InChI is InChI=1S/C25H19N3O3/c1-16(29)17-11-13-20(14-12-17)27-28-23-21-10-6-5-7-18(21)15-22(24(23)30)25(31)26-19-8-3-2-4-9-19/h2-15,30H,1H3,(H,26,31). The normalized spacial score (nSPS) is 11.0. The number of amides is 1. The van der Waals surface area contributed by atoms with Crippen molar-refractivity contribution in [3.05, 3.63) is 96.1 Å². The second-order valence-electron chi connectivity index (χ2n) is 6.97. The zero-order valence-electron chi connectivity index (χ0n) is 16.7. The first-order chi connectivity index (χ1) is 15.0. The summed E-state index contributed by atoms with van der Waals surface area (Å²) in [4.78, 5) is 24.3. The van der Waals surface area contributed by atoms with Gasteiger partial charge in [-0.3, -0.25) is 9.59 Å². The lowest BCUT2D eigenvalue weighted by atomic mass is 10.0. The Kier molecular flexibility index (Phi) is 5.53. The van der Waals surface area contributed by atoms with Crippen molar-refractivity contribution in [2.75, 3.05) is 5.32 Å². The van der Waals surface area contributed by atoms with Crippen LogP contribution >= 0.6 is 0 Å². The lowest BCUT2D eigenvalue weighted by Gasteiger charge is -2.11. The summed E-state index contributed by atoms with van der Waals surface area (Å²) in [5, 5.41) is 23.5. The van der Waals surface area contributed by atoms with Gasteiger partial charge >= 0.3 is 0 Å². The zero-order valence-corrected chi connectivity index (χ0v) is 16.7. The fourth-order valence-electron chi connectivity index (χ4n) is 3.18. The van der Waals surface area contributed by atoms with Crippen molar-refractivity contribution in [1.82, 2.24) is 0 Å². The van der Waals surface area contributed by atoms with Crippen LogP contribution in [0.4, 0.5) is 17.1 Å². The third kappa shape index (κ3) is 4.33. The van der Waals surface area contributed by atoms with E-state index >= 15 is 0 Å². The Balaban J connectivity index is 1.74. The van der Waals surface area contributed by atoms with Gasteiger partial charge in [-0.05, 0) is 54.8 Å². The average Bonchev–Trinajstić information content (AvgIpc) is 2.79. The van der Waals surface area contributed by atoms with Crippen molar-refractivity contribution in [3.8, 4) is 5.75 Å². The number of phenols is 1. The smallest absolute Gasteiger partial charge is 0.259 e. The Morgan fingerprint density at radius 3 is 2.23 bits per heavy atom. The molecule has 0 radical (unpaired) electrons. The molecule has 4 aromatic carbocycles. The molecule has 2 N–H and O–H groups in total. The molecule has 0 aromatic heterocycles. The van der Waals surface area contributed by atoms with Gasteiger partial charge in [0.1, 0.15) is 5.69 Å². The predicted octanol–water partition coefficient (Wildman–Crippen LogP) is 6.42. The molecule has 31 heavy (non-hydrogen) atoms. The van der Waals surface area contributed by atoms with Crippen LogP contribution in [0.1, 0.15) is 27.6 Å². The largest absolute Gasteiger partial charge is 0.505 e. The minimum atomic E-state index is -0.447. The van der Waals surface area contributed by atoms with Crippen LogP contribution in [0.25, 0.3) is 10.8 Å². The molecule has 0 saturated heterocycles. The molecule has 0 fully saturated rings. The number of azo groups is 1. The number of rotatable bonds is 5. The fourth-order valence-corrected chi connectivity index (χ4v) is 3.18. The third-order valence-corrected chi connectivity index (χ3v) is 4.81. The molecule has 6 nitrogen and oxygen atoms in total. The van der Waals surface area contributed by atoms with Crippen LogP contribution in [0, 0.1) is 0 Å². The van der Waals surface area contributed by atoms with Gasteiger partial charge in [-0.15, -0.1) is 5.11 Å². The summed E-state index contributed by atoms with van der Waals surface area (Å²) < 4.78 is 0. The number of benzene rings is 4. The molecule has 152 valence electrons. The number of nitrogens with zero attached hydrogens (tertiary/aromatic N) is 2. The lowest BCUT2D eigenvalue weighted by molar-refractivity contribution is 0.101. The number of carbonyl (C=O) groups is 2. The second-order valence-corrected chi connectivity index (χ2v) is 6.97. The van der Waals surface area contributed by atoms with Gasteiger partial charge < -0.3 is 10.4 Å². The van der Waals surface area contributed by atoms with E-state index in [1.807, 2.05) is 36.4 Å². The van der Waals surface area contributed by atoms with Crippen molar-refractivity contribution < 1.29 is 14.7 Å². The van der Waals surface area contributed by atoms with E-state index in [1.54, 1.807) is 48.5 Å². The van der Waals surface area contributed by atoms with Gasteiger partial charge in [-0.25, -0.2) is 0 Å². The number of aromatic hydroxyl groups is 1. The highest BCUT2D eigenvalue weighted by Gasteiger charge is 2.18. The topological polar surface area (TPSA) is 91.1 Å². The number of Topliss-reactive ketones (excluding diaryl/α,β-unsaturated/α-hetero) is 1. The summed E-state index contributed by atoms with van der Waals surface area (Å²) in [6.45, 7) is 1.49. The van der Waals surface area contributed by atoms with Crippen LogP contribution in [0.3, 0.4) is 0 Å². The maximum absolute atomic E-state index is 12.8. The molecule has 4 aromatic rings. The molecule has 4 rings (SSSR count). The number of anilines is 1. The Labute approximate surface area is 178 Å². The summed E-state index contributed by atoms with van der Waals surface area (Å²) in [6.07, 6.45) is 0. The molecule has 0 aliphatic carbocycles. The number of nitrogens with one attached hydrogen (secondary N) is 1. The second kappa shape index (κ2) is 8.59. The molecular weight excluding hydrogens is 390 g/mol. The molecule has 0 aliphatic heterocycles. The Hall–Kier alpha value is -4.32. The molecule has 0 spiro atoms. The van der Waals surface area contributed by atoms with E-state index in [4.69, 9.17) is 0 Å². The first kappa shape index (κ1) is 20.0. The molecule has 6 heteroatoms. The minimum absolute atomic E-state index is 0.0377.